The van der Waals surface area contributed by atoms with E-state index in [9.17, 15) is 0 Å². The molecule has 1 aromatic rings. The first kappa shape index (κ1) is 14.6. The van der Waals surface area contributed by atoms with Crippen LogP contribution in [0, 0.1) is 32.6 Å². The van der Waals surface area contributed by atoms with Gasteiger partial charge in [-0.05, 0) is 62.1 Å². The molecule has 19 heavy (non-hydrogen) atoms. The fourth-order valence-electron chi connectivity index (χ4n) is 3.99. The van der Waals surface area contributed by atoms with Crippen molar-refractivity contribution in [3.8, 4) is 0 Å². The van der Waals surface area contributed by atoms with Crippen LogP contribution in [0.2, 0.25) is 0 Å². The van der Waals surface area contributed by atoms with Crippen LogP contribution in [0.1, 0.15) is 54.9 Å². The molecule has 1 nitrogen and oxygen atoms in total. The van der Waals surface area contributed by atoms with Crippen LogP contribution in [-0.2, 0) is 4.74 Å². The lowest BCUT2D eigenvalue weighted by Crippen LogP contribution is -2.35. The zero-order valence-electron chi connectivity index (χ0n) is 13.3. The average molecular weight is 260 g/mol. The summed E-state index contributed by atoms with van der Waals surface area (Å²) in [6, 6.07) is 4.67. The Morgan fingerprint density at radius 1 is 1.05 bits per heavy atom. The Morgan fingerprint density at radius 2 is 1.74 bits per heavy atom. The molecule has 0 spiro atoms. The zero-order valence-corrected chi connectivity index (χ0v) is 13.3. The molecule has 0 amide bonds. The van der Waals surface area contributed by atoms with E-state index >= 15 is 0 Å². The maximum atomic E-state index is 5.85. The Morgan fingerprint density at radius 3 is 2.37 bits per heavy atom. The minimum absolute atomic E-state index is 0.371. The molecular formula is C18H28O. The predicted octanol–water partition coefficient (Wildman–Crippen LogP) is 4.78. The van der Waals surface area contributed by atoms with Crippen molar-refractivity contribution in [1.82, 2.24) is 0 Å². The first-order valence-corrected chi connectivity index (χ1v) is 7.54. The fraction of sp³-hybridized carbons (Fsp3) is 0.667. The van der Waals surface area contributed by atoms with Crippen molar-refractivity contribution in [3.05, 3.63) is 34.4 Å². The molecule has 0 bridgehead atoms. The van der Waals surface area contributed by atoms with Gasteiger partial charge in [0.15, 0.2) is 0 Å². The minimum atomic E-state index is 0.371. The monoisotopic (exact) mass is 260 g/mol. The number of hydrogen-bond acceptors (Lipinski definition) is 1. The summed E-state index contributed by atoms with van der Waals surface area (Å²) in [6.07, 6.45) is 2.92. The summed E-state index contributed by atoms with van der Waals surface area (Å²) in [6.45, 7) is 11.4. The smallest absolute Gasteiger partial charge is 0.0665 e. The van der Waals surface area contributed by atoms with E-state index in [4.69, 9.17) is 4.74 Å². The van der Waals surface area contributed by atoms with Crippen molar-refractivity contribution in [1.29, 1.82) is 0 Å². The maximum absolute atomic E-state index is 5.85. The molecule has 4 unspecified atom stereocenters. The Bertz CT molecular complexity index is 449. The first-order chi connectivity index (χ1) is 8.93. The highest BCUT2D eigenvalue weighted by atomic mass is 16.5. The number of hydrogen-bond donors (Lipinski definition) is 0. The number of methoxy groups -OCH3 is 1. The van der Waals surface area contributed by atoms with Gasteiger partial charge in [0.05, 0.1) is 6.10 Å². The van der Waals surface area contributed by atoms with Crippen LogP contribution in [0.25, 0.3) is 0 Å². The minimum Gasteiger partial charge on any atom is -0.381 e. The molecule has 0 N–H and O–H groups in total. The van der Waals surface area contributed by atoms with Gasteiger partial charge in [-0.3, -0.25) is 0 Å². The van der Waals surface area contributed by atoms with E-state index in [1.54, 1.807) is 0 Å². The number of benzene rings is 1. The van der Waals surface area contributed by atoms with Crippen LogP contribution in [0.15, 0.2) is 12.1 Å². The normalized spacial score (nSPS) is 31.5. The lowest BCUT2D eigenvalue weighted by atomic mass is 9.70. The summed E-state index contributed by atoms with van der Waals surface area (Å²) in [4.78, 5) is 0. The van der Waals surface area contributed by atoms with Crippen molar-refractivity contribution < 1.29 is 4.74 Å². The summed E-state index contributed by atoms with van der Waals surface area (Å²) >= 11 is 0. The van der Waals surface area contributed by atoms with Crippen molar-refractivity contribution in [2.45, 2.75) is 59.5 Å². The van der Waals surface area contributed by atoms with Crippen molar-refractivity contribution in [2.75, 3.05) is 7.11 Å². The van der Waals surface area contributed by atoms with Gasteiger partial charge in [-0.15, -0.1) is 0 Å². The van der Waals surface area contributed by atoms with Crippen LogP contribution < -0.4 is 0 Å². The maximum Gasteiger partial charge on any atom is 0.0665 e. The lowest BCUT2D eigenvalue weighted by Gasteiger charge is -2.40. The molecule has 0 heterocycles. The molecule has 2 rings (SSSR count). The molecular weight excluding hydrogens is 232 g/mol. The molecule has 0 aromatic heterocycles. The molecule has 106 valence electrons. The van der Waals surface area contributed by atoms with Crippen LogP contribution >= 0.6 is 0 Å². The molecule has 1 aliphatic carbocycles. The van der Waals surface area contributed by atoms with Crippen molar-refractivity contribution in [2.24, 2.45) is 11.8 Å². The van der Waals surface area contributed by atoms with E-state index in [0.717, 1.165) is 5.92 Å². The van der Waals surface area contributed by atoms with Crippen LogP contribution in [0.4, 0.5) is 0 Å². The highest BCUT2D eigenvalue weighted by Crippen LogP contribution is 2.42. The molecule has 1 aromatic carbocycles. The Balaban J connectivity index is 2.43. The molecule has 1 saturated carbocycles. The van der Waals surface area contributed by atoms with Gasteiger partial charge in [-0.1, -0.05) is 31.5 Å². The second kappa shape index (κ2) is 5.66. The summed E-state index contributed by atoms with van der Waals surface area (Å²) in [7, 11) is 1.88. The van der Waals surface area contributed by atoms with Crippen LogP contribution in [-0.4, -0.2) is 13.2 Å². The van der Waals surface area contributed by atoms with E-state index in [2.05, 4.69) is 46.8 Å². The molecule has 1 heteroatoms. The predicted molar refractivity (Wildman–Crippen MR) is 81.8 cm³/mol. The third kappa shape index (κ3) is 2.86. The molecule has 1 fully saturated rings. The van der Waals surface area contributed by atoms with Crippen LogP contribution in [0.5, 0.6) is 0 Å². The summed E-state index contributed by atoms with van der Waals surface area (Å²) < 4.78 is 5.85. The van der Waals surface area contributed by atoms with Gasteiger partial charge in [0, 0.05) is 13.0 Å². The second-order valence-electron chi connectivity index (χ2n) is 6.66. The molecule has 1 aliphatic rings. The van der Waals surface area contributed by atoms with Gasteiger partial charge in [-0.2, -0.15) is 0 Å². The van der Waals surface area contributed by atoms with Gasteiger partial charge in [0.25, 0.3) is 0 Å². The van der Waals surface area contributed by atoms with Gasteiger partial charge in [0.2, 0.25) is 0 Å². The summed E-state index contributed by atoms with van der Waals surface area (Å²) in [5.74, 6) is 2.01. The van der Waals surface area contributed by atoms with Crippen molar-refractivity contribution in [3.63, 3.8) is 0 Å². The van der Waals surface area contributed by atoms with E-state index in [-0.39, 0.29) is 0 Å². The third-order valence-electron chi connectivity index (χ3n) is 4.91. The zero-order chi connectivity index (χ0) is 14.2. The number of aryl methyl sites for hydroxylation is 2. The largest absolute Gasteiger partial charge is 0.381 e. The standard InChI is InChI=1S/C18H28O/c1-11-7-13(3)15(5)16(9-11)17-10-12(2)8-14(4)18(17)19-6/h7,9,12,14,17-18H,8,10H2,1-6H3. The van der Waals surface area contributed by atoms with Crippen LogP contribution in [0.3, 0.4) is 0 Å². The van der Waals surface area contributed by atoms with E-state index < -0.39 is 0 Å². The Kier molecular flexibility index (Phi) is 4.35. The number of ether oxygens (including phenoxy) is 1. The molecule has 0 saturated heterocycles. The van der Waals surface area contributed by atoms with Gasteiger partial charge in [0.1, 0.15) is 0 Å². The quantitative estimate of drug-likeness (QED) is 0.744. The summed E-state index contributed by atoms with van der Waals surface area (Å²) in [5.41, 5.74) is 5.76. The van der Waals surface area contributed by atoms with Crippen molar-refractivity contribution >= 4 is 0 Å². The van der Waals surface area contributed by atoms with Gasteiger partial charge < -0.3 is 4.74 Å². The van der Waals surface area contributed by atoms with Gasteiger partial charge >= 0.3 is 0 Å². The Hall–Kier alpha value is -0.820. The molecule has 0 radical (unpaired) electrons. The molecule has 0 aliphatic heterocycles. The first-order valence-electron chi connectivity index (χ1n) is 7.54. The second-order valence-corrected chi connectivity index (χ2v) is 6.66. The SMILES string of the molecule is COC1C(C)CC(C)CC1c1cc(C)cc(C)c1C. The fourth-order valence-corrected chi connectivity index (χ4v) is 3.99. The van der Waals surface area contributed by atoms with E-state index in [0.29, 0.717) is 17.9 Å². The average Bonchev–Trinajstić information content (AvgIpc) is 2.33. The lowest BCUT2D eigenvalue weighted by molar-refractivity contribution is -0.000342. The highest BCUT2D eigenvalue weighted by Gasteiger charge is 2.35. The Labute approximate surface area is 118 Å². The third-order valence-corrected chi connectivity index (χ3v) is 4.91. The molecule has 4 atom stereocenters. The van der Waals surface area contributed by atoms with E-state index in [1.165, 1.54) is 35.1 Å². The van der Waals surface area contributed by atoms with Gasteiger partial charge in [-0.25, -0.2) is 0 Å². The highest BCUT2D eigenvalue weighted by molar-refractivity contribution is 5.40. The number of rotatable bonds is 2. The van der Waals surface area contributed by atoms with E-state index in [1.807, 2.05) is 7.11 Å². The topological polar surface area (TPSA) is 9.23 Å². The summed E-state index contributed by atoms with van der Waals surface area (Å²) in [5, 5.41) is 0.